The molecule has 9 rings (SSSR count). The third-order valence-corrected chi connectivity index (χ3v) is 19.9. The van der Waals surface area contributed by atoms with Gasteiger partial charge in [0.15, 0.2) is 5.82 Å². The molecule has 4 aromatic rings. The van der Waals surface area contributed by atoms with Crippen LogP contribution in [-0.4, -0.2) is 102 Å². The van der Waals surface area contributed by atoms with Gasteiger partial charge in [0.2, 0.25) is 0 Å². The minimum absolute atomic E-state index is 0.00780. The second-order valence-electron chi connectivity index (χ2n) is 20.5. The number of pyridine rings is 1. The lowest BCUT2D eigenvalue weighted by Gasteiger charge is -2.49. The van der Waals surface area contributed by atoms with E-state index in [-0.39, 0.29) is 58.5 Å². The molecule has 0 radical (unpaired) electrons. The molecule has 0 unspecified atom stereocenters. The van der Waals surface area contributed by atoms with Gasteiger partial charge in [-0.1, -0.05) is 78.7 Å². The molecule has 62 heavy (non-hydrogen) atoms. The molecule has 5 aliphatic heterocycles. The maximum Gasteiger partial charge on any atom is 0.410 e. The first-order chi connectivity index (χ1) is 29.4. The van der Waals surface area contributed by atoms with Crippen LogP contribution in [-0.2, 0) is 11.2 Å². The number of halogens is 2. The van der Waals surface area contributed by atoms with Gasteiger partial charge in [-0.25, -0.2) is 18.6 Å². The predicted molar refractivity (Wildman–Crippen MR) is 247 cm³/mol. The van der Waals surface area contributed by atoms with Crippen molar-refractivity contribution >= 4 is 43.6 Å². The van der Waals surface area contributed by atoms with Crippen molar-refractivity contribution in [3.63, 3.8) is 0 Å². The molecule has 0 N–H and O–H groups in total. The Morgan fingerprint density at radius 3 is 2.34 bits per heavy atom. The van der Waals surface area contributed by atoms with Crippen molar-refractivity contribution in [2.45, 2.75) is 159 Å². The number of hydrogen-bond acceptors (Lipinski definition) is 8. The molecule has 2 aromatic heterocycles. The molecule has 7 heterocycles. The van der Waals surface area contributed by atoms with E-state index in [1.807, 2.05) is 43.9 Å². The summed E-state index contributed by atoms with van der Waals surface area (Å²) in [6, 6.07) is 8.63. The first kappa shape index (κ1) is 43.1. The Morgan fingerprint density at radius 2 is 1.66 bits per heavy atom. The molecule has 2 bridgehead atoms. The van der Waals surface area contributed by atoms with E-state index in [0.29, 0.717) is 63.2 Å². The van der Waals surface area contributed by atoms with E-state index in [9.17, 15) is 4.79 Å². The van der Waals surface area contributed by atoms with Crippen molar-refractivity contribution in [1.82, 2.24) is 24.8 Å². The molecule has 4 atom stereocenters. The Hall–Kier alpha value is -4.21. The Morgan fingerprint density at radius 1 is 0.952 bits per heavy atom. The lowest BCUT2D eigenvalue weighted by Crippen LogP contribution is -2.63. The zero-order valence-corrected chi connectivity index (χ0v) is 39.1. The number of fused-ring (bicyclic) bond motifs is 7. The zero-order valence-electron chi connectivity index (χ0n) is 38.3. The van der Waals surface area contributed by atoms with E-state index < -0.39 is 27.3 Å². The maximum atomic E-state index is 18.0. The van der Waals surface area contributed by atoms with E-state index in [1.165, 1.54) is 6.07 Å². The minimum atomic E-state index is -1.51. The average molecular weight is 867 g/mol. The van der Waals surface area contributed by atoms with E-state index in [4.69, 9.17) is 24.4 Å². The highest BCUT2D eigenvalue weighted by Gasteiger charge is 2.53. The summed E-state index contributed by atoms with van der Waals surface area (Å²) in [4.78, 5) is 36.0. The molecular weight excluding hydrogens is 803 g/mol. The van der Waals surface area contributed by atoms with Crippen LogP contribution in [0.4, 0.5) is 19.4 Å². The zero-order chi connectivity index (χ0) is 44.0. The van der Waals surface area contributed by atoms with Gasteiger partial charge >= 0.3 is 12.1 Å². The number of nitrogens with zero attached hydrogens (tertiary/aromatic N) is 6. The summed E-state index contributed by atoms with van der Waals surface area (Å²) >= 11 is 0. The molecule has 4 saturated heterocycles. The standard InChI is InChI=1S/C50H64F2N6O3S/c1-29(2)62(30(3)4,31(5)6)25-20-35-37(51)18-16-33-14-11-15-36(40(33)35)43-42(52)44-41-38(53-43)26-32(7)45-39-19-17-34(58(39)48(59)61-49(8,9)10)27-57(45)46(41)55-47(54-44)60-28-50-21-12-23-56(50)24-13-22-50/h11,14-16,18,29-32,34,39,45H,12-13,17,19,21-24,26-28H2,1-10H3/t32-,34+,39-,45-/m0/s1. The van der Waals surface area contributed by atoms with Crippen molar-refractivity contribution in [2.24, 2.45) is 5.92 Å². The van der Waals surface area contributed by atoms with E-state index in [2.05, 4.69) is 69.4 Å². The highest BCUT2D eigenvalue weighted by atomic mass is 32.3. The first-order valence-corrected chi connectivity index (χ1v) is 24.9. The average Bonchev–Trinajstić information content (AvgIpc) is 3.86. The normalized spacial score (nSPS) is 23.5. The second-order valence-corrected chi connectivity index (χ2v) is 25.0. The van der Waals surface area contributed by atoms with E-state index in [1.54, 1.807) is 6.07 Å². The predicted octanol–water partition coefficient (Wildman–Crippen LogP) is 10.6. The van der Waals surface area contributed by atoms with Crippen molar-refractivity contribution in [3.8, 4) is 28.4 Å². The van der Waals surface area contributed by atoms with Gasteiger partial charge in [0.25, 0.3) is 0 Å². The minimum Gasteiger partial charge on any atom is -0.461 e. The van der Waals surface area contributed by atoms with Gasteiger partial charge in [-0.15, -0.1) is 0 Å². The Kier molecular flexibility index (Phi) is 11.0. The number of anilines is 1. The molecule has 4 fully saturated rings. The number of carbonyl (C=O) groups is 1. The molecule has 9 nitrogen and oxygen atoms in total. The lowest BCUT2D eigenvalue weighted by atomic mass is 9.88. The first-order valence-electron chi connectivity index (χ1n) is 23.0. The Labute approximate surface area is 368 Å². The van der Waals surface area contributed by atoms with Crippen molar-refractivity contribution in [1.29, 1.82) is 0 Å². The monoisotopic (exact) mass is 866 g/mol. The fourth-order valence-corrected chi connectivity index (χ4v) is 16.4. The van der Waals surface area contributed by atoms with Crippen LogP contribution in [0.3, 0.4) is 0 Å². The maximum absolute atomic E-state index is 18.0. The van der Waals surface area contributed by atoms with Gasteiger partial charge in [-0.3, -0.25) is 9.80 Å². The van der Waals surface area contributed by atoms with Gasteiger partial charge < -0.3 is 14.4 Å². The van der Waals surface area contributed by atoms with E-state index >= 15 is 8.78 Å². The summed E-state index contributed by atoms with van der Waals surface area (Å²) in [5.74, 6) is 2.94. The number of rotatable bonds is 7. The Bertz CT molecular complexity index is 2460. The number of ether oxygens (including phenoxy) is 2. The third kappa shape index (κ3) is 6.99. The molecule has 2 aromatic carbocycles. The van der Waals surface area contributed by atoms with Crippen LogP contribution < -0.4 is 9.64 Å². The second kappa shape index (κ2) is 15.8. The molecule has 12 heteroatoms. The lowest BCUT2D eigenvalue weighted by molar-refractivity contribution is 0.00489. The fourth-order valence-electron chi connectivity index (χ4n) is 12.2. The van der Waals surface area contributed by atoms with Gasteiger partial charge in [0, 0.05) is 17.5 Å². The number of benzene rings is 2. The highest BCUT2D eigenvalue weighted by Crippen LogP contribution is 2.59. The van der Waals surface area contributed by atoms with Gasteiger partial charge in [-0.2, -0.15) is 20.0 Å². The summed E-state index contributed by atoms with van der Waals surface area (Å²) in [6.45, 7) is 24.3. The smallest absolute Gasteiger partial charge is 0.410 e. The van der Waals surface area contributed by atoms with Crippen LogP contribution in [0, 0.1) is 28.7 Å². The number of hydrogen-bond donors (Lipinski definition) is 0. The van der Waals surface area contributed by atoms with Crippen LogP contribution in [0.25, 0.3) is 32.9 Å². The number of aromatic nitrogens is 3. The summed E-state index contributed by atoms with van der Waals surface area (Å²) in [5, 5.41) is 6.45. The quantitative estimate of drug-likeness (QED) is 0.170. The van der Waals surface area contributed by atoms with Crippen LogP contribution in [0.2, 0.25) is 0 Å². The van der Waals surface area contributed by atoms with Crippen LogP contribution in [0.5, 0.6) is 6.01 Å². The van der Waals surface area contributed by atoms with Gasteiger partial charge in [0.1, 0.15) is 35.1 Å². The summed E-state index contributed by atoms with van der Waals surface area (Å²) in [7, 11) is -1.51. The fraction of sp³-hybridized carbons (Fsp3) is 0.600. The number of piperazine rings is 1. The molecule has 0 aliphatic carbocycles. The van der Waals surface area contributed by atoms with Crippen molar-refractivity contribution in [2.75, 3.05) is 31.1 Å². The van der Waals surface area contributed by atoms with Crippen molar-refractivity contribution < 1.29 is 23.0 Å². The molecule has 332 valence electrons. The molecular formula is C50H64F2N6O3S. The Balaban J connectivity index is 1.23. The molecule has 0 spiro atoms. The molecule has 5 aliphatic rings. The largest absolute Gasteiger partial charge is 0.461 e. The summed E-state index contributed by atoms with van der Waals surface area (Å²) in [5.41, 5.74) is 0.970. The highest BCUT2D eigenvalue weighted by molar-refractivity contribution is 8.38. The van der Waals surface area contributed by atoms with Crippen molar-refractivity contribution in [3.05, 3.63) is 53.2 Å². The van der Waals surface area contributed by atoms with Crippen LogP contribution in [0.1, 0.15) is 119 Å². The number of amides is 1. The topological polar surface area (TPSA) is 83.9 Å². The van der Waals surface area contributed by atoms with Gasteiger partial charge in [0.05, 0.1) is 40.3 Å². The molecule has 0 saturated carbocycles. The van der Waals surface area contributed by atoms with Crippen LogP contribution >= 0.6 is 10.0 Å². The molecule has 1 amide bonds. The summed E-state index contributed by atoms with van der Waals surface area (Å²) in [6.07, 6.45) is 6.21. The summed E-state index contributed by atoms with van der Waals surface area (Å²) < 4.78 is 47.0. The SMILES string of the molecule is CC(C)S(C#Cc1c(F)ccc2cccc(-c3nc4c5c(nc(OCC67CCCN6CCC7)nc5c3F)N3C[C@H]5CC[C@@H]([C@@H]3[C@@H](C)C4)N5C(=O)OC(C)(C)C)c12)(C(C)C)C(C)C. The number of carbonyl (C=O) groups excluding carboxylic acids is 1. The van der Waals surface area contributed by atoms with Gasteiger partial charge in [-0.05, 0) is 117 Å². The van der Waals surface area contributed by atoms with Crippen LogP contribution in [0.15, 0.2) is 30.3 Å². The third-order valence-electron chi connectivity index (χ3n) is 14.7. The van der Waals surface area contributed by atoms with E-state index in [0.717, 1.165) is 57.0 Å².